The summed E-state index contributed by atoms with van der Waals surface area (Å²) < 4.78 is 0. The molecular formula is C14H12O6. The predicted molar refractivity (Wildman–Crippen MR) is 69.6 cm³/mol. The molecule has 0 saturated heterocycles. The van der Waals surface area contributed by atoms with E-state index in [0.29, 0.717) is 5.56 Å². The summed E-state index contributed by atoms with van der Waals surface area (Å²) in [7, 11) is 0. The number of ketones is 1. The van der Waals surface area contributed by atoms with Gasteiger partial charge in [-0.1, -0.05) is 48.5 Å². The first-order valence-electron chi connectivity index (χ1n) is 5.48. The number of hydrogen-bond acceptors (Lipinski definition) is 6. The predicted octanol–water partition coefficient (Wildman–Crippen LogP) is 2.56. The van der Waals surface area contributed by atoms with E-state index >= 15 is 0 Å². The second-order valence-corrected chi connectivity index (χ2v) is 3.62. The van der Waals surface area contributed by atoms with Crippen LogP contribution in [0.5, 0.6) is 0 Å². The lowest BCUT2D eigenvalue weighted by Crippen LogP contribution is -2.11. The molecule has 0 atom stereocenters. The molecular weight excluding hydrogens is 264 g/mol. The maximum Gasteiger partial charge on any atom is 0.373 e. The third-order valence-electron chi connectivity index (χ3n) is 2.51. The summed E-state index contributed by atoms with van der Waals surface area (Å²) in [6, 6.07) is 14.8. The summed E-state index contributed by atoms with van der Waals surface area (Å²) in [4.78, 5) is 27.2. The Bertz CT molecular complexity index is 579. The average Bonchev–Trinajstić information content (AvgIpc) is 2.56. The zero-order valence-electron chi connectivity index (χ0n) is 10.3. The minimum Gasteiger partial charge on any atom is -0.295 e. The first-order chi connectivity index (χ1) is 9.74. The van der Waals surface area contributed by atoms with E-state index in [0.717, 1.165) is 0 Å². The SMILES string of the molecule is O=C(OO)c1ccccc1C(=O)c1ccccc1.OO. The fourth-order valence-corrected chi connectivity index (χ4v) is 1.65. The molecule has 0 bridgehead atoms. The van der Waals surface area contributed by atoms with Crippen molar-refractivity contribution < 1.29 is 30.2 Å². The molecule has 0 aliphatic rings. The van der Waals surface area contributed by atoms with Gasteiger partial charge in [-0.05, 0) is 6.07 Å². The number of carbonyl (C=O) groups is 2. The summed E-state index contributed by atoms with van der Waals surface area (Å²) in [5.41, 5.74) is 0.701. The first-order valence-corrected chi connectivity index (χ1v) is 5.48. The van der Waals surface area contributed by atoms with Crippen molar-refractivity contribution in [3.63, 3.8) is 0 Å². The highest BCUT2D eigenvalue weighted by Gasteiger charge is 2.18. The second kappa shape index (κ2) is 7.80. The van der Waals surface area contributed by atoms with Gasteiger partial charge in [0.25, 0.3) is 0 Å². The lowest BCUT2D eigenvalue weighted by atomic mass is 9.98. The molecule has 0 aromatic heterocycles. The Morgan fingerprint density at radius 3 is 1.85 bits per heavy atom. The smallest absolute Gasteiger partial charge is 0.295 e. The minimum atomic E-state index is -0.949. The average molecular weight is 276 g/mol. The van der Waals surface area contributed by atoms with Crippen molar-refractivity contribution >= 4 is 11.8 Å². The molecule has 6 nitrogen and oxygen atoms in total. The van der Waals surface area contributed by atoms with E-state index in [1.807, 2.05) is 0 Å². The van der Waals surface area contributed by atoms with Crippen LogP contribution < -0.4 is 0 Å². The number of carbonyl (C=O) groups excluding carboxylic acids is 2. The summed E-state index contributed by atoms with van der Waals surface area (Å²) in [5, 5.41) is 20.4. The molecule has 104 valence electrons. The first kappa shape index (κ1) is 15.5. The molecule has 2 aromatic rings. The Kier molecular flexibility index (Phi) is 6.05. The van der Waals surface area contributed by atoms with Crippen LogP contribution in [0.1, 0.15) is 26.3 Å². The molecule has 2 rings (SSSR count). The van der Waals surface area contributed by atoms with Gasteiger partial charge in [0.1, 0.15) is 0 Å². The van der Waals surface area contributed by atoms with Crippen molar-refractivity contribution in [3.8, 4) is 0 Å². The van der Waals surface area contributed by atoms with Gasteiger partial charge in [0.2, 0.25) is 0 Å². The monoisotopic (exact) mass is 276 g/mol. The minimum absolute atomic E-state index is 0.0360. The maximum atomic E-state index is 12.2. The standard InChI is InChI=1S/C14H10O4.H2O2/c15-13(10-6-2-1-3-7-10)11-8-4-5-9-12(11)14(16)18-17;1-2/h1-9,17H;1-2H. The molecule has 0 unspecified atom stereocenters. The fraction of sp³-hybridized carbons (Fsp3) is 0. The molecule has 6 heteroatoms. The van der Waals surface area contributed by atoms with Crippen molar-refractivity contribution in [2.24, 2.45) is 0 Å². The largest absolute Gasteiger partial charge is 0.373 e. The van der Waals surface area contributed by atoms with E-state index in [2.05, 4.69) is 4.89 Å². The van der Waals surface area contributed by atoms with E-state index in [1.165, 1.54) is 12.1 Å². The number of hydrogen-bond donors (Lipinski definition) is 3. The highest BCUT2D eigenvalue weighted by atomic mass is 17.1. The van der Waals surface area contributed by atoms with Crippen molar-refractivity contribution in [3.05, 3.63) is 71.3 Å². The zero-order valence-corrected chi connectivity index (χ0v) is 10.3. The van der Waals surface area contributed by atoms with Crippen LogP contribution in [0, 0.1) is 0 Å². The molecule has 0 heterocycles. The van der Waals surface area contributed by atoms with Gasteiger partial charge in [0.05, 0.1) is 5.56 Å². The maximum absolute atomic E-state index is 12.2. The van der Waals surface area contributed by atoms with Gasteiger partial charge in [-0.25, -0.2) is 4.79 Å². The molecule has 0 radical (unpaired) electrons. The Morgan fingerprint density at radius 2 is 1.30 bits per heavy atom. The van der Waals surface area contributed by atoms with E-state index < -0.39 is 5.97 Å². The van der Waals surface area contributed by atoms with Crippen LogP contribution in [0.15, 0.2) is 54.6 Å². The molecule has 0 fully saturated rings. The third-order valence-corrected chi connectivity index (χ3v) is 2.51. The van der Waals surface area contributed by atoms with E-state index in [-0.39, 0.29) is 16.9 Å². The Morgan fingerprint density at radius 1 is 0.800 bits per heavy atom. The van der Waals surface area contributed by atoms with Gasteiger partial charge >= 0.3 is 5.97 Å². The van der Waals surface area contributed by atoms with Crippen LogP contribution >= 0.6 is 0 Å². The van der Waals surface area contributed by atoms with Gasteiger partial charge in [0.15, 0.2) is 5.78 Å². The molecule has 0 spiro atoms. The van der Waals surface area contributed by atoms with Gasteiger partial charge in [-0.15, -0.1) is 0 Å². The highest BCUT2D eigenvalue weighted by molar-refractivity contribution is 6.14. The Labute approximate surface area is 114 Å². The normalized spacial score (nSPS) is 9.15. The van der Waals surface area contributed by atoms with Crippen molar-refractivity contribution in [2.75, 3.05) is 0 Å². The van der Waals surface area contributed by atoms with Crippen LogP contribution in [0.3, 0.4) is 0 Å². The van der Waals surface area contributed by atoms with Crippen LogP contribution in [-0.2, 0) is 4.89 Å². The summed E-state index contributed by atoms with van der Waals surface area (Å²) in [6.07, 6.45) is 0. The molecule has 0 saturated carbocycles. The molecule has 0 aliphatic heterocycles. The van der Waals surface area contributed by atoms with E-state index in [9.17, 15) is 9.59 Å². The molecule has 20 heavy (non-hydrogen) atoms. The fourth-order valence-electron chi connectivity index (χ4n) is 1.65. The molecule has 0 aliphatic carbocycles. The van der Waals surface area contributed by atoms with Crippen molar-refractivity contribution in [1.29, 1.82) is 0 Å². The number of rotatable bonds is 3. The van der Waals surface area contributed by atoms with E-state index in [1.54, 1.807) is 42.5 Å². The topological polar surface area (TPSA) is 104 Å². The second-order valence-electron chi connectivity index (χ2n) is 3.62. The van der Waals surface area contributed by atoms with Crippen LogP contribution in [0.2, 0.25) is 0 Å². The molecule has 0 amide bonds. The van der Waals surface area contributed by atoms with Crippen molar-refractivity contribution in [2.45, 2.75) is 0 Å². The molecule has 2 aromatic carbocycles. The lowest BCUT2D eigenvalue weighted by molar-refractivity contribution is -0.182. The van der Waals surface area contributed by atoms with Crippen LogP contribution in [-0.4, -0.2) is 27.5 Å². The van der Waals surface area contributed by atoms with Gasteiger partial charge < -0.3 is 0 Å². The Hall–Kier alpha value is -2.54. The van der Waals surface area contributed by atoms with Gasteiger partial charge in [0, 0.05) is 11.1 Å². The quantitative estimate of drug-likeness (QED) is 0.452. The zero-order chi connectivity index (χ0) is 15.0. The Balaban J connectivity index is 0.000000956. The van der Waals surface area contributed by atoms with Crippen LogP contribution in [0.25, 0.3) is 0 Å². The lowest BCUT2D eigenvalue weighted by Gasteiger charge is -2.05. The van der Waals surface area contributed by atoms with Crippen molar-refractivity contribution in [1.82, 2.24) is 0 Å². The van der Waals surface area contributed by atoms with Gasteiger partial charge in [-0.3, -0.25) is 20.2 Å². The third kappa shape index (κ3) is 3.48. The highest BCUT2D eigenvalue weighted by Crippen LogP contribution is 2.15. The number of benzene rings is 2. The summed E-state index contributed by atoms with van der Waals surface area (Å²) in [6.45, 7) is 0. The van der Waals surface area contributed by atoms with E-state index in [4.69, 9.17) is 15.8 Å². The summed E-state index contributed by atoms with van der Waals surface area (Å²) in [5.74, 6) is -1.24. The van der Waals surface area contributed by atoms with Gasteiger partial charge in [-0.2, -0.15) is 5.26 Å². The van der Waals surface area contributed by atoms with Crippen LogP contribution in [0.4, 0.5) is 0 Å². The molecule has 3 N–H and O–H groups in total. The summed E-state index contributed by atoms with van der Waals surface area (Å²) >= 11 is 0.